The highest BCUT2D eigenvalue weighted by molar-refractivity contribution is 5.75. The average Bonchev–Trinajstić information content (AvgIpc) is 2.79. The van der Waals surface area contributed by atoms with Crippen molar-refractivity contribution in [1.82, 2.24) is 0 Å². The van der Waals surface area contributed by atoms with Crippen LogP contribution in [0.4, 0.5) is 8.78 Å². The molecular weight excluding hydrogens is 394 g/mol. The molecule has 0 saturated heterocycles. The van der Waals surface area contributed by atoms with Crippen molar-refractivity contribution in [3.05, 3.63) is 29.3 Å². The Balaban J connectivity index is 1.47. The third-order valence-corrected chi connectivity index (χ3v) is 7.75. The molecule has 2 saturated carbocycles. The highest BCUT2D eigenvalue weighted by Gasteiger charge is 2.34. The summed E-state index contributed by atoms with van der Waals surface area (Å²) < 4.78 is 34.1. The van der Waals surface area contributed by atoms with Crippen molar-refractivity contribution in [1.29, 1.82) is 0 Å². The summed E-state index contributed by atoms with van der Waals surface area (Å²) in [7, 11) is 0. The fourth-order valence-corrected chi connectivity index (χ4v) is 5.78. The second kappa shape index (κ2) is 12.0. The van der Waals surface area contributed by atoms with Crippen molar-refractivity contribution in [3.63, 3.8) is 0 Å². The minimum Gasteiger partial charge on any atom is -0.423 e. The molecule has 2 fully saturated rings. The van der Waals surface area contributed by atoms with E-state index >= 15 is 0 Å². The highest BCUT2D eigenvalue weighted by atomic mass is 19.2. The van der Waals surface area contributed by atoms with Gasteiger partial charge in [0.05, 0.1) is 5.92 Å². The molecule has 0 heterocycles. The summed E-state index contributed by atoms with van der Waals surface area (Å²) in [5.41, 5.74) is 0.361. The van der Waals surface area contributed by atoms with E-state index in [9.17, 15) is 13.6 Å². The summed E-state index contributed by atoms with van der Waals surface area (Å²) in [6, 6.07) is 2.97. The summed E-state index contributed by atoms with van der Waals surface area (Å²) in [5, 5.41) is 0. The molecule has 1 aromatic carbocycles. The normalized spacial score (nSPS) is 26.6. The third kappa shape index (κ3) is 6.52. The number of carbonyl (C=O) groups excluding carboxylic acids is 1. The number of esters is 1. The Morgan fingerprint density at radius 1 is 0.871 bits per heavy atom. The molecule has 0 amide bonds. The van der Waals surface area contributed by atoms with Crippen LogP contribution >= 0.6 is 0 Å². The maximum atomic E-state index is 14.4. The topological polar surface area (TPSA) is 26.3 Å². The van der Waals surface area contributed by atoms with Gasteiger partial charge in [-0.1, -0.05) is 58.4 Å². The molecule has 2 aliphatic rings. The van der Waals surface area contributed by atoms with E-state index in [0.717, 1.165) is 56.8 Å². The van der Waals surface area contributed by atoms with Gasteiger partial charge >= 0.3 is 5.97 Å². The van der Waals surface area contributed by atoms with Gasteiger partial charge in [0.25, 0.3) is 0 Å². The quantitative estimate of drug-likeness (QED) is 0.223. The smallest absolute Gasteiger partial charge is 0.314 e. The molecule has 0 N–H and O–H groups in total. The molecular formula is C27H40F2O2. The molecule has 2 nitrogen and oxygen atoms in total. The lowest BCUT2D eigenvalue weighted by molar-refractivity contribution is -0.140. The summed E-state index contributed by atoms with van der Waals surface area (Å²) in [6.07, 6.45) is 15.1. The van der Waals surface area contributed by atoms with E-state index in [-0.39, 0.29) is 11.7 Å². The highest BCUT2D eigenvalue weighted by Crippen LogP contribution is 2.42. The van der Waals surface area contributed by atoms with Crippen molar-refractivity contribution in [3.8, 4) is 5.75 Å². The number of unbranched alkanes of at least 4 members (excludes halogenated alkanes) is 2. The van der Waals surface area contributed by atoms with Crippen LogP contribution in [-0.2, 0) is 11.2 Å². The van der Waals surface area contributed by atoms with Gasteiger partial charge in [0.15, 0.2) is 11.6 Å². The number of ether oxygens (including phenoxy) is 1. The van der Waals surface area contributed by atoms with Gasteiger partial charge in [-0.15, -0.1) is 0 Å². The van der Waals surface area contributed by atoms with Crippen LogP contribution < -0.4 is 4.74 Å². The Morgan fingerprint density at radius 3 is 2.13 bits per heavy atom. The van der Waals surface area contributed by atoms with E-state index < -0.39 is 17.6 Å². The van der Waals surface area contributed by atoms with Crippen LogP contribution in [0.3, 0.4) is 0 Å². The Labute approximate surface area is 187 Å². The average molecular weight is 435 g/mol. The maximum absolute atomic E-state index is 14.4. The Hall–Kier alpha value is -1.45. The lowest BCUT2D eigenvalue weighted by Crippen LogP contribution is -2.30. The van der Waals surface area contributed by atoms with E-state index in [1.165, 1.54) is 44.6 Å². The monoisotopic (exact) mass is 434 g/mol. The molecule has 31 heavy (non-hydrogen) atoms. The molecule has 0 aromatic heterocycles. The zero-order valence-corrected chi connectivity index (χ0v) is 19.4. The van der Waals surface area contributed by atoms with E-state index in [1.54, 1.807) is 6.07 Å². The van der Waals surface area contributed by atoms with Gasteiger partial charge in [0, 0.05) is 0 Å². The third-order valence-electron chi connectivity index (χ3n) is 7.75. The van der Waals surface area contributed by atoms with Crippen molar-refractivity contribution in [2.24, 2.45) is 23.7 Å². The van der Waals surface area contributed by atoms with Gasteiger partial charge in [0.2, 0.25) is 5.82 Å². The zero-order valence-electron chi connectivity index (χ0n) is 19.4. The van der Waals surface area contributed by atoms with E-state index in [0.29, 0.717) is 17.9 Å². The summed E-state index contributed by atoms with van der Waals surface area (Å²) in [6.45, 7) is 4.35. The SMILES string of the molecule is CCCCCc1ccc(OC(=O)C2CCC(C3CCC(CCC)CC3)CC2)c(F)c1F. The van der Waals surface area contributed by atoms with Gasteiger partial charge in [-0.25, -0.2) is 4.39 Å². The van der Waals surface area contributed by atoms with Gasteiger partial charge in [-0.2, -0.15) is 4.39 Å². The van der Waals surface area contributed by atoms with Crippen LogP contribution in [0.2, 0.25) is 0 Å². The minimum absolute atomic E-state index is 0.195. The largest absolute Gasteiger partial charge is 0.423 e. The van der Waals surface area contributed by atoms with Gasteiger partial charge in [-0.05, 0) is 80.8 Å². The molecule has 0 spiro atoms. The Kier molecular flexibility index (Phi) is 9.34. The molecule has 0 atom stereocenters. The summed E-state index contributed by atoms with van der Waals surface area (Å²) >= 11 is 0. The summed E-state index contributed by atoms with van der Waals surface area (Å²) in [4.78, 5) is 12.6. The summed E-state index contributed by atoms with van der Waals surface area (Å²) in [5.74, 6) is -0.329. The molecule has 0 aliphatic heterocycles. The molecule has 3 rings (SSSR count). The second-order valence-electron chi connectivity index (χ2n) is 9.91. The lowest BCUT2D eigenvalue weighted by atomic mass is 9.69. The number of halogens is 2. The van der Waals surface area contributed by atoms with E-state index in [1.807, 2.05) is 0 Å². The number of carbonyl (C=O) groups is 1. The van der Waals surface area contributed by atoms with Gasteiger partial charge in [-0.3, -0.25) is 4.79 Å². The van der Waals surface area contributed by atoms with Crippen LogP contribution in [0.5, 0.6) is 5.75 Å². The maximum Gasteiger partial charge on any atom is 0.314 e. The number of hydrogen-bond acceptors (Lipinski definition) is 2. The molecule has 0 radical (unpaired) electrons. The van der Waals surface area contributed by atoms with Crippen molar-refractivity contribution < 1.29 is 18.3 Å². The number of aryl methyl sites for hydroxylation is 1. The molecule has 2 aliphatic carbocycles. The van der Waals surface area contributed by atoms with Gasteiger partial charge < -0.3 is 4.74 Å². The lowest BCUT2D eigenvalue weighted by Gasteiger charge is -2.37. The minimum atomic E-state index is -1.03. The first-order chi connectivity index (χ1) is 15.0. The standard InChI is InChI=1S/C27H40F2O2/c1-3-5-6-8-22-17-18-24(26(29)25(22)28)31-27(30)23-15-13-21(14-16-23)20-11-9-19(7-4-2)10-12-20/h17-21,23H,3-16H2,1-2H3. The first-order valence-electron chi connectivity index (χ1n) is 12.7. The van der Waals surface area contributed by atoms with Gasteiger partial charge in [0.1, 0.15) is 0 Å². The number of benzene rings is 1. The van der Waals surface area contributed by atoms with Crippen molar-refractivity contribution in [2.45, 2.75) is 104 Å². The predicted molar refractivity (Wildman–Crippen MR) is 121 cm³/mol. The van der Waals surface area contributed by atoms with E-state index in [4.69, 9.17) is 4.74 Å². The van der Waals surface area contributed by atoms with Crippen molar-refractivity contribution >= 4 is 5.97 Å². The first kappa shape index (κ1) is 24.2. The van der Waals surface area contributed by atoms with Crippen LogP contribution in [0, 0.1) is 35.3 Å². The molecule has 4 heteroatoms. The Morgan fingerprint density at radius 2 is 1.52 bits per heavy atom. The molecule has 0 bridgehead atoms. The molecule has 0 unspecified atom stereocenters. The Bertz CT molecular complexity index is 701. The second-order valence-corrected chi connectivity index (χ2v) is 9.91. The predicted octanol–water partition coefficient (Wildman–Crippen LogP) is 8.02. The van der Waals surface area contributed by atoms with Crippen LogP contribution in [-0.4, -0.2) is 5.97 Å². The fourth-order valence-electron chi connectivity index (χ4n) is 5.78. The van der Waals surface area contributed by atoms with E-state index in [2.05, 4.69) is 13.8 Å². The fraction of sp³-hybridized carbons (Fsp3) is 0.741. The first-order valence-corrected chi connectivity index (χ1v) is 12.7. The number of rotatable bonds is 9. The van der Waals surface area contributed by atoms with Crippen LogP contribution in [0.25, 0.3) is 0 Å². The number of hydrogen-bond donors (Lipinski definition) is 0. The van der Waals surface area contributed by atoms with Crippen LogP contribution in [0.15, 0.2) is 12.1 Å². The zero-order chi connectivity index (χ0) is 22.2. The molecule has 174 valence electrons. The molecule has 1 aromatic rings. The van der Waals surface area contributed by atoms with Crippen LogP contribution in [0.1, 0.15) is 103 Å². The van der Waals surface area contributed by atoms with Crippen molar-refractivity contribution in [2.75, 3.05) is 0 Å².